The van der Waals surface area contributed by atoms with Crippen LogP contribution in [-0.4, -0.2) is 15.1 Å². The second kappa shape index (κ2) is 8.51. The Bertz CT molecular complexity index is 1280. The van der Waals surface area contributed by atoms with Gasteiger partial charge in [-0.2, -0.15) is 0 Å². The Morgan fingerprint density at radius 2 is 1.83 bits per heavy atom. The number of fused-ring (bicyclic) bond motifs is 3. The van der Waals surface area contributed by atoms with Crippen LogP contribution in [0, 0.1) is 6.92 Å². The summed E-state index contributed by atoms with van der Waals surface area (Å²) in [5, 5.41) is 15.8. The summed E-state index contributed by atoms with van der Waals surface area (Å²) in [6.07, 6.45) is 0.945. The first-order chi connectivity index (χ1) is 14.0. The lowest BCUT2D eigenvalue weighted by atomic mass is 10.1. The monoisotopic (exact) mass is 578 g/mol. The molecule has 0 bridgehead atoms. The summed E-state index contributed by atoms with van der Waals surface area (Å²) in [6, 6.07) is 14.9. The van der Waals surface area contributed by atoms with Crippen molar-refractivity contribution in [2.75, 3.05) is 5.32 Å². The number of anilines is 2. The minimum Gasteiger partial charge on any atom is -0.498 e. The van der Waals surface area contributed by atoms with Crippen LogP contribution in [0.4, 0.5) is 10.8 Å². The maximum atomic E-state index is 9.57. The third-order valence-electron chi connectivity index (χ3n) is 5.00. The van der Waals surface area contributed by atoms with Crippen molar-refractivity contribution in [3.8, 4) is 22.4 Å². The molecule has 1 aliphatic rings. The van der Waals surface area contributed by atoms with Gasteiger partial charge in [0.1, 0.15) is 0 Å². The van der Waals surface area contributed by atoms with Crippen LogP contribution in [-0.2, 0) is 6.42 Å². The summed E-state index contributed by atoms with van der Waals surface area (Å²) >= 11 is 11.5. The Hall–Kier alpha value is -1.58. The minimum atomic E-state index is -0.0657. The number of thiocarbonyl (C=S) groups is 1. The van der Waals surface area contributed by atoms with Gasteiger partial charge in [-0.25, -0.2) is 4.98 Å². The second-order valence-electron chi connectivity index (χ2n) is 6.90. The standard InChI is InChI=1S/C22H15BrN2OS3.BrH/c1-11-18(9-20(29-11)21(26)27)19-10-28-22(25-19)24-15-3-5-17-13(8-15)6-12-7-14(23)2-4-16(12)17;/h2-5,7-10H,6H2,1H3,(H,24,25)(H,26,27);1H. The number of hydrogen-bond acceptors (Lipinski definition) is 5. The van der Waals surface area contributed by atoms with E-state index in [1.807, 2.05) is 18.4 Å². The smallest absolute Gasteiger partial charge is 0.198 e. The van der Waals surface area contributed by atoms with Crippen molar-refractivity contribution in [1.82, 2.24) is 4.98 Å². The number of halogens is 2. The predicted molar refractivity (Wildman–Crippen MR) is 140 cm³/mol. The van der Waals surface area contributed by atoms with E-state index in [-0.39, 0.29) is 22.0 Å². The first kappa shape index (κ1) is 21.6. The van der Waals surface area contributed by atoms with Gasteiger partial charge >= 0.3 is 0 Å². The summed E-state index contributed by atoms with van der Waals surface area (Å²) in [4.78, 5) is 6.54. The number of thiophene rings is 1. The van der Waals surface area contributed by atoms with Gasteiger partial charge in [-0.15, -0.1) is 39.7 Å². The number of thiazole rings is 1. The molecule has 0 fully saturated rings. The fraction of sp³-hybridized carbons (Fsp3) is 0.0909. The molecule has 2 heterocycles. The largest absolute Gasteiger partial charge is 0.498 e. The van der Waals surface area contributed by atoms with Gasteiger partial charge < -0.3 is 10.4 Å². The Balaban J connectivity index is 0.00000218. The van der Waals surface area contributed by atoms with Crippen molar-refractivity contribution >= 4 is 83.7 Å². The molecule has 2 aromatic heterocycles. The molecule has 1 aliphatic carbocycles. The van der Waals surface area contributed by atoms with Gasteiger partial charge in [0, 0.05) is 26.0 Å². The van der Waals surface area contributed by atoms with Crippen LogP contribution in [0.3, 0.4) is 0 Å². The van der Waals surface area contributed by atoms with Crippen LogP contribution in [0.1, 0.15) is 20.9 Å². The predicted octanol–water partition coefficient (Wildman–Crippen LogP) is 8.07. The Kier molecular flexibility index (Phi) is 6.14. The van der Waals surface area contributed by atoms with E-state index < -0.39 is 0 Å². The van der Waals surface area contributed by atoms with Crippen LogP contribution in [0.15, 0.2) is 52.3 Å². The summed E-state index contributed by atoms with van der Waals surface area (Å²) < 4.78 is 1.12. The maximum Gasteiger partial charge on any atom is 0.198 e. The molecule has 30 heavy (non-hydrogen) atoms. The lowest BCUT2D eigenvalue weighted by Gasteiger charge is -2.06. The van der Waals surface area contributed by atoms with Crippen molar-refractivity contribution in [3.63, 3.8) is 0 Å². The summed E-state index contributed by atoms with van der Waals surface area (Å²) in [6.45, 7) is 2.02. The van der Waals surface area contributed by atoms with Gasteiger partial charge in [0.2, 0.25) is 0 Å². The molecule has 0 saturated heterocycles. The highest BCUT2D eigenvalue weighted by Crippen LogP contribution is 2.40. The van der Waals surface area contributed by atoms with Crippen LogP contribution >= 0.6 is 67.8 Å². The van der Waals surface area contributed by atoms with E-state index in [1.54, 1.807) is 11.3 Å². The van der Waals surface area contributed by atoms with Crippen molar-refractivity contribution in [2.24, 2.45) is 0 Å². The number of benzene rings is 2. The number of nitrogens with zero attached hydrogens (tertiary/aromatic N) is 1. The quantitative estimate of drug-likeness (QED) is 0.211. The third-order valence-corrected chi connectivity index (χ3v) is 7.66. The number of aliphatic hydroxyl groups is 1. The Morgan fingerprint density at radius 1 is 1.10 bits per heavy atom. The topological polar surface area (TPSA) is 45.1 Å². The molecule has 0 aliphatic heterocycles. The van der Waals surface area contributed by atoms with E-state index in [2.05, 4.69) is 57.6 Å². The van der Waals surface area contributed by atoms with Crippen molar-refractivity contribution in [1.29, 1.82) is 0 Å². The van der Waals surface area contributed by atoms with E-state index in [4.69, 9.17) is 17.2 Å². The van der Waals surface area contributed by atoms with Crippen molar-refractivity contribution in [3.05, 3.63) is 73.2 Å². The van der Waals surface area contributed by atoms with Gasteiger partial charge in [-0.05, 0) is 78.1 Å². The van der Waals surface area contributed by atoms with E-state index >= 15 is 0 Å². The molecule has 2 aromatic carbocycles. The first-order valence-electron chi connectivity index (χ1n) is 8.96. The molecular formula is C22H16Br2N2OS3. The number of nitrogens with one attached hydrogen (secondary N) is 1. The molecule has 152 valence electrons. The lowest BCUT2D eigenvalue weighted by Crippen LogP contribution is -1.91. The maximum absolute atomic E-state index is 9.57. The highest BCUT2D eigenvalue weighted by Gasteiger charge is 2.19. The fourth-order valence-corrected chi connectivity index (χ4v) is 5.87. The fourth-order valence-electron chi connectivity index (χ4n) is 3.68. The first-order valence-corrected chi connectivity index (χ1v) is 11.9. The number of aryl methyl sites for hydroxylation is 1. The molecule has 4 aromatic rings. The van der Waals surface area contributed by atoms with Crippen LogP contribution in [0.5, 0.6) is 0 Å². The van der Waals surface area contributed by atoms with Crippen LogP contribution in [0.25, 0.3) is 22.4 Å². The molecular weight excluding hydrogens is 564 g/mol. The van der Waals surface area contributed by atoms with Gasteiger partial charge in [-0.3, -0.25) is 0 Å². The Morgan fingerprint density at radius 3 is 2.57 bits per heavy atom. The molecule has 0 atom stereocenters. The van der Waals surface area contributed by atoms with Crippen molar-refractivity contribution in [2.45, 2.75) is 13.3 Å². The molecule has 3 nitrogen and oxygen atoms in total. The average Bonchev–Trinajstić information content (AvgIpc) is 3.37. The lowest BCUT2D eigenvalue weighted by molar-refractivity contribution is 0.572. The van der Waals surface area contributed by atoms with Gasteiger partial charge in [-0.1, -0.05) is 28.1 Å². The molecule has 0 saturated carbocycles. The third kappa shape index (κ3) is 3.99. The molecule has 5 rings (SSSR count). The van der Waals surface area contributed by atoms with E-state index in [0.717, 1.165) is 37.8 Å². The van der Waals surface area contributed by atoms with Crippen LogP contribution in [0.2, 0.25) is 0 Å². The Labute approximate surface area is 206 Å². The number of hydrogen-bond donors (Lipinski definition) is 2. The molecule has 2 N–H and O–H groups in total. The summed E-state index contributed by atoms with van der Waals surface area (Å²) in [5.41, 5.74) is 8.25. The number of aliphatic hydroxyl groups excluding tert-OH is 1. The normalized spacial score (nSPS) is 11.5. The highest BCUT2D eigenvalue weighted by molar-refractivity contribution is 9.10. The van der Waals surface area contributed by atoms with Crippen LogP contribution < -0.4 is 5.32 Å². The van der Waals surface area contributed by atoms with E-state index in [1.165, 1.54) is 33.6 Å². The van der Waals surface area contributed by atoms with Crippen molar-refractivity contribution < 1.29 is 5.11 Å². The molecule has 0 spiro atoms. The average molecular weight is 580 g/mol. The highest BCUT2D eigenvalue weighted by atomic mass is 79.9. The zero-order valence-corrected chi connectivity index (χ0v) is 21.5. The molecule has 0 radical (unpaired) electrons. The molecule has 8 heteroatoms. The second-order valence-corrected chi connectivity index (χ2v) is 10.3. The summed E-state index contributed by atoms with van der Waals surface area (Å²) in [5.74, 6) is 0. The summed E-state index contributed by atoms with van der Waals surface area (Å²) in [7, 11) is 0. The van der Waals surface area contributed by atoms with Gasteiger partial charge in [0.05, 0.1) is 10.6 Å². The number of aromatic nitrogens is 1. The van der Waals surface area contributed by atoms with Gasteiger partial charge in [0.15, 0.2) is 10.2 Å². The van der Waals surface area contributed by atoms with E-state index in [0.29, 0.717) is 4.88 Å². The number of rotatable bonds is 4. The van der Waals surface area contributed by atoms with Gasteiger partial charge in [0.25, 0.3) is 0 Å². The minimum absolute atomic E-state index is 0. The molecule has 0 amide bonds. The van der Waals surface area contributed by atoms with E-state index in [9.17, 15) is 5.11 Å². The molecule has 0 unspecified atom stereocenters. The zero-order chi connectivity index (χ0) is 20.1. The zero-order valence-electron chi connectivity index (χ0n) is 15.7. The SMILES string of the molecule is Br.Cc1sc(C(O)=S)cc1-c1csc(Nc2ccc3c(c2)Cc2cc(Br)ccc2-3)n1.